The Hall–Kier alpha value is -1.72. The van der Waals surface area contributed by atoms with Crippen LogP contribution in [0.1, 0.15) is 18.9 Å². The highest BCUT2D eigenvalue weighted by molar-refractivity contribution is 6.32. The summed E-state index contributed by atoms with van der Waals surface area (Å²) in [4.78, 5) is 12.7. The van der Waals surface area contributed by atoms with Crippen molar-refractivity contribution in [3.63, 3.8) is 0 Å². The van der Waals surface area contributed by atoms with Gasteiger partial charge in [-0.25, -0.2) is 4.79 Å². The second kappa shape index (κ2) is 9.33. The van der Waals surface area contributed by atoms with E-state index in [4.69, 9.17) is 26.2 Å². The van der Waals surface area contributed by atoms with Crippen LogP contribution in [0.25, 0.3) is 6.08 Å². The van der Waals surface area contributed by atoms with E-state index in [-0.39, 0.29) is 0 Å². The molecule has 0 aliphatic heterocycles. The Morgan fingerprint density at radius 1 is 1.36 bits per heavy atom. The minimum atomic E-state index is -1.02. The number of carbonyl (C=O) groups is 1. The molecule has 0 saturated heterocycles. The third-order valence-electron chi connectivity index (χ3n) is 2.75. The highest BCUT2D eigenvalue weighted by Crippen LogP contribution is 2.37. The molecule has 0 saturated carbocycles. The van der Waals surface area contributed by atoms with Crippen LogP contribution in [0.3, 0.4) is 0 Å². The minimum absolute atomic E-state index is 0.404. The van der Waals surface area contributed by atoms with Gasteiger partial charge in [-0.3, -0.25) is 0 Å². The van der Waals surface area contributed by atoms with E-state index in [0.29, 0.717) is 35.3 Å². The number of rotatable bonds is 9. The van der Waals surface area contributed by atoms with Gasteiger partial charge in [-0.05, 0) is 51.2 Å². The molecule has 0 bridgehead atoms. The van der Waals surface area contributed by atoms with Gasteiger partial charge in [0.25, 0.3) is 0 Å². The van der Waals surface area contributed by atoms with Crippen molar-refractivity contribution in [3.8, 4) is 11.5 Å². The van der Waals surface area contributed by atoms with Gasteiger partial charge in [-0.1, -0.05) is 11.6 Å². The fourth-order valence-electron chi connectivity index (χ4n) is 1.81. The van der Waals surface area contributed by atoms with Gasteiger partial charge in [0.05, 0.1) is 18.2 Å². The summed E-state index contributed by atoms with van der Waals surface area (Å²) in [6.07, 6.45) is 3.39. The lowest BCUT2D eigenvalue weighted by atomic mass is 10.2. The Labute approximate surface area is 136 Å². The molecule has 1 N–H and O–H groups in total. The predicted octanol–water partition coefficient (Wildman–Crippen LogP) is 3.17. The maximum Gasteiger partial charge on any atom is 0.328 e. The SMILES string of the molecule is CCOc1cc(C=CC(=O)O)cc(Cl)c1OCCCN(C)C. The van der Waals surface area contributed by atoms with Crippen molar-refractivity contribution < 1.29 is 19.4 Å². The highest BCUT2D eigenvalue weighted by Gasteiger charge is 2.12. The Balaban J connectivity index is 2.88. The van der Waals surface area contributed by atoms with E-state index in [0.717, 1.165) is 19.0 Å². The predicted molar refractivity (Wildman–Crippen MR) is 88.0 cm³/mol. The smallest absolute Gasteiger partial charge is 0.328 e. The molecule has 0 fully saturated rings. The normalized spacial score (nSPS) is 11.1. The number of aliphatic carboxylic acids is 1. The van der Waals surface area contributed by atoms with Crippen LogP contribution in [0.4, 0.5) is 0 Å². The van der Waals surface area contributed by atoms with Crippen LogP contribution in [0.15, 0.2) is 18.2 Å². The van der Waals surface area contributed by atoms with Crippen molar-refractivity contribution in [1.82, 2.24) is 4.90 Å². The average molecular weight is 328 g/mol. The summed E-state index contributed by atoms with van der Waals surface area (Å²) in [5.41, 5.74) is 0.650. The Morgan fingerprint density at radius 3 is 2.68 bits per heavy atom. The van der Waals surface area contributed by atoms with Crippen LogP contribution in [-0.4, -0.2) is 49.8 Å². The topological polar surface area (TPSA) is 59.0 Å². The number of nitrogens with zero attached hydrogens (tertiary/aromatic N) is 1. The molecule has 0 aliphatic carbocycles. The van der Waals surface area contributed by atoms with E-state index in [2.05, 4.69) is 4.90 Å². The molecule has 22 heavy (non-hydrogen) atoms. The molecule has 1 rings (SSSR count). The molecule has 0 aromatic heterocycles. The highest BCUT2D eigenvalue weighted by atomic mass is 35.5. The van der Waals surface area contributed by atoms with E-state index in [9.17, 15) is 4.79 Å². The Bertz CT molecular complexity index is 529. The molecular weight excluding hydrogens is 306 g/mol. The van der Waals surface area contributed by atoms with Gasteiger partial charge >= 0.3 is 5.97 Å². The molecular formula is C16H22ClNO4. The largest absolute Gasteiger partial charge is 0.490 e. The Kier molecular flexibility index (Phi) is 7.77. The summed E-state index contributed by atoms with van der Waals surface area (Å²) in [5, 5.41) is 9.08. The second-order valence-electron chi connectivity index (χ2n) is 4.94. The average Bonchev–Trinajstić information content (AvgIpc) is 2.43. The number of benzene rings is 1. The first kappa shape index (κ1) is 18.3. The van der Waals surface area contributed by atoms with Gasteiger partial charge in [0.1, 0.15) is 0 Å². The monoisotopic (exact) mass is 327 g/mol. The summed E-state index contributed by atoms with van der Waals surface area (Å²) >= 11 is 6.23. The van der Waals surface area contributed by atoms with Gasteiger partial charge in [-0.2, -0.15) is 0 Å². The number of hydrogen-bond donors (Lipinski definition) is 1. The molecule has 1 aromatic carbocycles. The summed E-state index contributed by atoms with van der Waals surface area (Å²) in [6, 6.07) is 3.38. The number of carboxylic acids is 1. The van der Waals surface area contributed by atoms with Crippen LogP contribution < -0.4 is 9.47 Å². The molecule has 0 unspecified atom stereocenters. The molecule has 0 radical (unpaired) electrons. The van der Waals surface area contributed by atoms with E-state index in [1.165, 1.54) is 6.08 Å². The van der Waals surface area contributed by atoms with E-state index < -0.39 is 5.97 Å². The summed E-state index contributed by atoms with van der Waals surface area (Å²) in [7, 11) is 4.00. The fourth-order valence-corrected chi connectivity index (χ4v) is 2.08. The van der Waals surface area contributed by atoms with Crippen LogP contribution in [0.5, 0.6) is 11.5 Å². The van der Waals surface area contributed by atoms with Crippen LogP contribution in [0.2, 0.25) is 5.02 Å². The van der Waals surface area contributed by atoms with Crippen molar-refractivity contribution in [1.29, 1.82) is 0 Å². The molecule has 6 heteroatoms. The Morgan fingerprint density at radius 2 is 2.09 bits per heavy atom. The molecule has 5 nitrogen and oxygen atoms in total. The quantitative estimate of drug-likeness (QED) is 0.557. The maximum atomic E-state index is 10.6. The van der Waals surface area contributed by atoms with Crippen molar-refractivity contribution in [2.45, 2.75) is 13.3 Å². The first-order valence-corrected chi connectivity index (χ1v) is 7.46. The zero-order valence-corrected chi connectivity index (χ0v) is 13.9. The molecule has 1 aromatic rings. The fraction of sp³-hybridized carbons (Fsp3) is 0.438. The van der Waals surface area contributed by atoms with Crippen LogP contribution >= 0.6 is 11.6 Å². The molecule has 0 aliphatic rings. The van der Waals surface area contributed by atoms with E-state index >= 15 is 0 Å². The van der Waals surface area contributed by atoms with Gasteiger partial charge in [-0.15, -0.1) is 0 Å². The van der Waals surface area contributed by atoms with Gasteiger partial charge in [0, 0.05) is 12.6 Å². The second-order valence-corrected chi connectivity index (χ2v) is 5.35. The summed E-state index contributed by atoms with van der Waals surface area (Å²) in [5.74, 6) is -0.00210. The van der Waals surface area contributed by atoms with Crippen molar-refractivity contribution >= 4 is 23.6 Å². The lowest BCUT2D eigenvalue weighted by Gasteiger charge is -2.15. The standard InChI is InChI=1S/C16H22ClNO4/c1-4-21-14-11-12(6-7-15(19)20)10-13(17)16(14)22-9-5-8-18(2)3/h6-7,10-11H,4-5,8-9H2,1-3H3,(H,19,20). The molecule has 0 heterocycles. The summed E-state index contributed by atoms with van der Waals surface area (Å²) in [6.45, 7) is 3.78. The van der Waals surface area contributed by atoms with Crippen molar-refractivity contribution in [2.75, 3.05) is 33.9 Å². The number of carboxylic acid groups (broad SMARTS) is 1. The number of hydrogen-bond acceptors (Lipinski definition) is 4. The third kappa shape index (κ3) is 6.37. The molecule has 0 atom stereocenters. The third-order valence-corrected chi connectivity index (χ3v) is 3.03. The van der Waals surface area contributed by atoms with E-state index in [1.54, 1.807) is 12.1 Å². The first-order chi connectivity index (χ1) is 10.4. The lowest BCUT2D eigenvalue weighted by molar-refractivity contribution is -0.131. The van der Waals surface area contributed by atoms with E-state index in [1.807, 2.05) is 21.0 Å². The molecule has 0 amide bonds. The lowest BCUT2D eigenvalue weighted by Crippen LogP contribution is -2.15. The summed E-state index contributed by atoms with van der Waals surface area (Å²) < 4.78 is 11.3. The zero-order valence-electron chi connectivity index (χ0n) is 13.1. The maximum absolute atomic E-state index is 10.6. The first-order valence-electron chi connectivity index (χ1n) is 7.09. The van der Waals surface area contributed by atoms with Crippen molar-refractivity contribution in [2.24, 2.45) is 0 Å². The van der Waals surface area contributed by atoms with Gasteiger partial charge in [0.15, 0.2) is 11.5 Å². The minimum Gasteiger partial charge on any atom is -0.490 e. The number of ether oxygens (including phenoxy) is 2. The zero-order chi connectivity index (χ0) is 16.5. The van der Waals surface area contributed by atoms with Crippen LogP contribution in [-0.2, 0) is 4.79 Å². The van der Waals surface area contributed by atoms with Gasteiger partial charge in [0.2, 0.25) is 0 Å². The number of halogens is 1. The van der Waals surface area contributed by atoms with Gasteiger partial charge < -0.3 is 19.5 Å². The van der Waals surface area contributed by atoms with Crippen LogP contribution in [0, 0.1) is 0 Å². The molecule has 0 spiro atoms. The molecule has 122 valence electrons. The van der Waals surface area contributed by atoms with Crippen molar-refractivity contribution in [3.05, 3.63) is 28.8 Å².